The number of rotatable bonds is 4. The van der Waals surface area contributed by atoms with Crippen LogP contribution in [-0.2, 0) is 0 Å². The zero-order valence-electron chi connectivity index (χ0n) is 12.7. The Labute approximate surface area is 117 Å². The summed E-state index contributed by atoms with van der Waals surface area (Å²) in [4.78, 5) is 4.58. The molecule has 0 unspecified atom stereocenters. The number of hydrogen-bond donors (Lipinski definition) is 0. The Hall–Kier alpha value is -1.37. The normalized spacial score (nSPS) is 24.9. The first-order valence-electron chi connectivity index (χ1n) is 7.29. The van der Waals surface area contributed by atoms with Gasteiger partial charge in [-0.3, -0.25) is 4.99 Å². The molecule has 0 aromatic rings. The SMILES string of the molecule is C=C1C\C(=C/C(C(/C)=N\CC)=C(C)\C=C\C)C12CC2. The maximum Gasteiger partial charge on any atom is 0.0392 e. The molecule has 0 N–H and O–H groups in total. The fraction of sp³-hybridized carbons (Fsp3) is 0.500. The molecule has 0 radical (unpaired) electrons. The Bertz CT molecular complexity index is 508. The highest BCUT2D eigenvalue weighted by atomic mass is 14.7. The van der Waals surface area contributed by atoms with E-state index in [4.69, 9.17) is 0 Å². The molecule has 0 bridgehead atoms. The van der Waals surface area contributed by atoms with Crippen LogP contribution in [0.5, 0.6) is 0 Å². The summed E-state index contributed by atoms with van der Waals surface area (Å²) in [7, 11) is 0. The van der Waals surface area contributed by atoms with Gasteiger partial charge in [-0.2, -0.15) is 0 Å². The van der Waals surface area contributed by atoms with Crippen LogP contribution in [0.2, 0.25) is 0 Å². The van der Waals surface area contributed by atoms with Crippen LogP contribution >= 0.6 is 0 Å². The van der Waals surface area contributed by atoms with Crippen molar-refractivity contribution >= 4 is 5.71 Å². The molecule has 19 heavy (non-hydrogen) atoms. The van der Waals surface area contributed by atoms with Gasteiger partial charge >= 0.3 is 0 Å². The van der Waals surface area contributed by atoms with Crippen LogP contribution in [0.4, 0.5) is 0 Å². The minimum atomic E-state index is 0.397. The molecule has 2 aliphatic carbocycles. The third kappa shape index (κ3) is 2.51. The van der Waals surface area contributed by atoms with Gasteiger partial charge in [0, 0.05) is 17.7 Å². The van der Waals surface area contributed by atoms with Gasteiger partial charge in [0.2, 0.25) is 0 Å². The van der Waals surface area contributed by atoms with Crippen LogP contribution < -0.4 is 0 Å². The lowest BCUT2D eigenvalue weighted by molar-refractivity contribution is 0.580. The molecule has 0 aliphatic heterocycles. The molecule has 1 spiro atoms. The molecule has 1 nitrogen and oxygen atoms in total. The first kappa shape index (κ1) is 14.0. The van der Waals surface area contributed by atoms with E-state index >= 15 is 0 Å². The molecule has 2 rings (SSSR count). The Morgan fingerprint density at radius 3 is 2.53 bits per heavy atom. The van der Waals surface area contributed by atoms with Crippen LogP contribution in [0.3, 0.4) is 0 Å². The molecule has 102 valence electrons. The molecule has 0 heterocycles. The van der Waals surface area contributed by atoms with E-state index in [1.165, 1.54) is 29.6 Å². The van der Waals surface area contributed by atoms with Crippen molar-refractivity contribution in [3.63, 3.8) is 0 Å². The van der Waals surface area contributed by atoms with Crippen molar-refractivity contribution in [2.75, 3.05) is 6.54 Å². The second-order valence-corrected chi connectivity index (χ2v) is 5.69. The second kappa shape index (κ2) is 5.32. The fourth-order valence-electron chi connectivity index (χ4n) is 3.02. The van der Waals surface area contributed by atoms with Gasteiger partial charge in [-0.15, -0.1) is 0 Å². The minimum Gasteiger partial charge on any atom is -0.290 e. The van der Waals surface area contributed by atoms with E-state index in [1.807, 2.05) is 0 Å². The predicted octanol–water partition coefficient (Wildman–Crippen LogP) is 5.03. The lowest BCUT2D eigenvalue weighted by atomic mass is 9.70. The molecule has 0 atom stereocenters. The summed E-state index contributed by atoms with van der Waals surface area (Å²) in [5.74, 6) is 0. The second-order valence-electron chi connectivity index (χ2n) is 5.69. The minimum absolute atomic E-state index is 0.397. The average Bonchev–Trinajstić information content (AvgIpc) is 3.17. The van der Waals surface area contributed by atoms with Crippen molar-refractivity contribution in [1.29, 1.82) is 0 Å². The fourth-order valence-corrected chi connectivity index (χ4v) is 3.02. The lowest BCUT2D eigenvalue weighted by Crippen LogP contribution is -2.21. The summed E-state index contributed by atoms with van der Waals surface area (Å²) in [5.41, 5.74) is 7.16. The summed E-state index contributed by atoms with van der Waals surface area (Å²) in [6.45, 7) is 13.5. The topological polar surface area (TPSA) is 12.4 Å². The smallest absolute Gasteiger partial charge is 0.0392 e. The van der Waals surface area contributed by atoms with Gasteiger partial charge < -0.3 is 0 Å². The van der Waals surface area contributed by atoms with Gasteiger partial charge in [-0.1, -0.05) is 36.0 Å². The Morgan fingerprint density at radius 1 is 1.37 bits per heavy atom. The highest BCUT2D eigenvalue weighted by Gasteiger charge is 2.54. The number of aliphatic imine (C=N–C) groups is 1. The van der Waals surface area contributed by atoms with Gasteiger partial charge in [0.05, 0.1) is 0 Å². The van der Waals surface area contributed by atoms with E-state index in [-0.39, 0.29) is 0 Å². The van der Waals surface area contributed by atoms with E-state index in [9.17, 15) is 0 Å². The number of nitrogens with zero attached hydrogens (tertiary/aromatic N) is 1. The van der Waals surface area contributed by atoms with Gasteiger partial charge in [-0.05, 0) is 58.1 Å². The highest BCUT2D eigenvalue weighted by Crippen LogP contribution is 2.67. The maximum atomic E-state index is 4.58. The number of hydrogen-bond acceptors (Lipinski definition) is 1. The van der Waals surface area contributed by atoms with Gasteiger partial charge in [0.1, 0.15) is 0 Å². The summed E-state index contributed by atoms with van der Waals surface area (Å²) in [5, 5.41) is 0. The van der Waals surface area contributed by atoms with E-state index < -0.39 is 0 Å². The summed E-state index contributed by atoms with van der Waals surface area (Å²) < 4.78 is 0. The summed E-state index contributed by atoms with van der Waals surface area (Å²) >= 11 is 0. The molecular formula is C18H25N. The molecule has 2 saturated carbocycles. The predicted molar refractivity (Wildman–Crippen MR) is 84.7 cm³/mol. The average molecular weight is 255 g/mol. The lowest BCUT2D eigenvalue weighted by Gasteiger charge is -2.34. The van der Waals surface area contributed by atoms with E-state index in [0.29, 0.717) is 5.41 Å². The molecule has 0 amide bonds. The summed E-state index contributed by atoms with van der Waals surface area (Å²) in [6, 6.07) is 0. The monoisotopic (exact) mass is 255 g/mol. The summed E-state index contributed by atoms with van der Waals surface area (Å²) in [6.07, 6.45) is 10.3. The third-order valence-corrected chi connectivity index (χ3v) is 4.39. The first-order valence-corrected chi connectivity index (χ1v) is 7.29. The molecule has 0 saturated heterocycles. The molecule has 2 fully saturated rings. The standard InChI is InChI=1S/C18H25N/c1-6-8-13(3)17(15(5)19-7-2)12-16-11-14(4)18(16)9-10-18/h6,8,12H,4,7,9-11H2,1-3,5H3/b8-6+,16-12+,17-13+,19-15-. The third-order valence-electron chi connectivity index (χ3n) is 4.39. The largest absolute Gasteiger partial charge is 0.290 e. The van der Waals surface area contributed by atoms with Crippen molar-refractivity contribution in [3.05, 3.63) is 47.1 Å². The first-order chi connectivity index (χ1) is 9.05. The zero-order valence-corrected chi connectivity index (χ0v) is 12.7. The van der Waals surface area contributed by atoms with E-state index in [2.05, 4.69) is 57.5 Å². The van der Waals surface area contributed by atoms with Gasteiger partial charge in [0.15, 0.2) is 0 Å². The van der Waals surface area contributed by atoms with Crippen LogP contribution in [0, 0.1) is 5.41 Å². The van der Waals surface area contributed by atoms with Crippen molar-refractivity contribution in [2.45, 2.75) is 47.0 Å². The Morgan fingerprint density at radius 2 is 2.05 bits per heavy atom. The number of allylic oxidation sites excluding steroid dienone is 7. The maximum absolute atomic E-state index is 4.58. The quantitative estimate of drug-likeness (QED) is 0.380. The molecule has 0 aromatic carbocycles. The van der Waals surface area contributed by atoms with Crippen molar-refractivity contribution in [3.8, 4) is 0 Å². The highest BCUT2D eigenvalue weighted by molar-refractivity contribution is 6.02. The van der Waals surface area contributed by atoms with Crippen LogP contribution in [0.25, 0.3) is 0 Å². The van der Waals surface area contributed by atoms with Gasteiger partial charge in [-0.25, -0.2) is 0 Å². The van der Waals surface area contributed by atoms with Crippen molar-refractivity contribution < 1.29 is 0 Å². The van der Waals surface area contributed by atoms with Crippen molar-refractivity contribution in [2.24, 2.45) is 10.4 Å². The molecular weight excluding hydrogens is 230 g/mol. The Balaban J connectivity index is 2.35. The van der Waals surface area contributed by atoms with Crippen LogP contribution in [-0.4, -0.2) is 12.3 Å². The van der Waals surface area contributed by atoms with Crippen LogP contribution in [0.15, 0.2) is 52.1 Å². The molecule has 0 aromatic heterocycles. The van der Waals surface area contributed by atoms with E-state index in [1.54, 1.807) is 5.57 Å². The Kier molecular flexibility index (Phi) is 3.93. The van der Waals surface area contributed by atoms with Crippen LogP contribution in [0.1, 0.15) is 47.0 Å². The zero-order chi connectivity index (χ0) is 14.0. The molecule has 1 heteroatoms. The molecule has 2 aliphatic rings. The van der Waals surface area contributed by atoms with Crippen molar-refractivity contribution in [1.82, 2.24) is 0 Å². The van der Waals surface area contributed by atoms with Gasteiger partial charge in [0.25, 0.3) is 0 Å². The van der Waals surface area contributed by atoms with E-state index in [0.717, 1.165) is 18.7 Å².